The standard InChI is InChI=1S/C19H23N3O2/c23-19(21-9-11-24-12-10-21)13-15-5-4-8-18-17(15)14-20-22(18)16-6-2-1-3-7-16/h1-3,6-7,14-15H,4-5,8-13H2. The fourth-order valence-corrected chi connectivity index (χ4v) is 3.81. The molecule has 4 rings (SSSR count). The van der Waals surface area contributed by atoms with Gasteiger partial charge >= 0.3 is 0 Å². The Kier molecular flexibility index (Phi) is 4.34. The van der Waals surface area contributed by atoms with Crippen LogP contribution in [0.4, 0.5) is 0 Å². The number of carbonyl (C=O) groups excluding carboxylic acids is 1. The van der Waals surface area contributed by atoms with E-state index in [2.05, 4.69) is 17.2 Å². The lowest BCUT2D eigenvalue weighted by Gasteiger charge is -2.29. The van der Waals surface area contributed by atoms with Gasteiger partial charge in [0.2, 0.25) is 5.91 Å². The molecule has 1 fully saturated rings. The first-order chi connectivity index (χ1) is 11.8. The van der Waals surface area contributed by atoms with Crippen molar-refractivity contribution in [2.45, 2.75) is 31.6 Å². The van der Waals surface area contributed by atoms with Crippen molar-refractivity contribution in [1.82, 2.24) is 14.7 Å². The molecule has 0 N–H and O–H groups in total. The van der Waals surface area contributed by atoms with E-state index in [0.717, 1.165) is 38.0 Å². The van der Waals surface area contributed by atoms with E-state index in [1.165, 1.54) is 11.3 Å². The van der Waals surface area contributed by atoms with Crippen LogP contribution in [0.15, 0.2) is 36.5 Å². The Balaban J connectivity index is 1.54. The molecule has 1 amide bonds. The van der Waals surface area contributed by atoms with E-state index in [0.29, 0.717) is 25.6 Å². The van der Waals surface area contributed by atoms with Crippen LogP contribution >= 0.6 is 0 Å². The number of aromatic nitrogens is 2. The first-order valence-corrected chi connectivity index (χ1v) is 8.80. The highest BCUT2D eigenvalue weighted by Gasteiger charge is 2.28. The SMILES string of the molecule is O=C(CC1CCCc2c1cnn2-c1ccccc1)N1CCOCC1. The van der Waals surface area contributed by atoms with Gasteiger partial charge in [0.1, 0.15) is 0 Å². The number of nitrogens with zero attached hydrogens (tertiary/aromatic N) is 3. The number of rotatable bonds is 3. The normalized spacial score (nSPS) is 20.7. The monoisotopic (exact) mass is 325 g/mol. The maximum absolute atomic E-state index is 12.6. The number of carbonyl (C=O) groups is 1. The number of ether oxygens (including phenoxy) is 1. The van der Waals surface area contributed by atoms with Gasteiger partial charge in [0.25, 0.3) is 0 Å². The lowest BCUT2D eigenvalue weighted by Crippen LogP contribution is -2.41. The zero-order valence-corrected chi connectivity index (χ0v) is 13.9. The summed E-state index contributed by atoms with van der Waals surface area (Å²) in [4.78, 5) is 14.5. The topological polar surface area (TPSA) is 47.4 Å². The number of hydrogen-bond donors (Lipinski definition) is 0. The molecule has 5 heteroatoms. The third-order valence-electron chi connectivity index (χ3n) is 5.09. The molecule has 0 spiro atoms. The summed E-state index contributed by atoms with van der Waals surface area (Å²) < 4.78 is 7.38. The Morgan fingerprint density at radius 2 is 2.00 bits per heavy atom. The zero-order chi connectivity index (χ0) is 16.4. The molecule has 0 saturated carbocycles. The molecular formula is C19H23N3O2. The fourth-order valence-electron chi connectivity index (χ4n) is 3.81. The zero-order valence-electron chi connectivity index (χ0n) is 13.9. The first-order valence-electron chi connectivity index (χ1n) is 8.80. The Labute approximate surface area is 142 Å². The Morgan fingerprint density at radius 1 is 1.21 bits per heavy atom. The van der Waals surface area contributed by atoms with Crippen molar-refractivity contribution in [2.75, 3.05) is 26.3 Å². The number of fused-ring (bicyclic) bond motifs is 1. The largest absolute Gasteiger partial charge is 0.378 e. The Bertz CT molecular complexity index is 705. The summed E-state index contributed by atoms with van der Waals surface area (Å²) in [5.41, 5.74) is 3.62. The quantitative estimate of drug-likeness (QED) is 0.871. The van der Waals surface area contributed by atoms with Crippen LogP contribution in [0, 0.1) is 0 Å². The van der Waals surface area contributed by atoms with Crippen LogP contribution in [0.1, 0.15) is 36.4 Å². The van der Waals surface area contributed by atoms with Gasteiger partial charge in [-0.15, -0.1) is 0 Å². The Morgan fingerprint density at radius 3 is 2.79 bits per heavy atom. The molecule has 0 bridgehead atoms. The summed E-state index contributed by atoms with van der Waals surface area (Å²) in [6, 6.07) is 10.2. The summed E-state index contributed by atoms with van der Waals surface area (Å²) in [5, 5.41) is 4.61. The second kappa shape index (κ2) is 6.77. The average molecular weight is 325 g/mol. The molecule has 1 aromatic carbocycles. The molecule has 0 radical (unpaired) electrons. The van der Waals surface area contributed by atoms with Gasteiger partial charge in [-0.2, -0.15) is 5.10 Å². The van der Waals surface area contributed by atoms with Crippen LogP contribution in [0.2, 0.25) is 0 Å². The van der Waals surface area contributed by atoms with E-state index in [9.17, 15) is 4.79 Å². The molecule has 1 aromatic heterocycles. The van der Waals surface area contributed by atoms with Gasteiger partial charge in [0, 0.05) is 25.2 Å². The lowest BCUT2D eigenvalue weighted by atomic mass is 9.84. The van der Waals surface area contributed by atoms with E-state index < -0.39 is 0 Å². The summed E-state index contributed by atoms with van der Waals surface area (Å²) in [7, 11) is 0. The van der Waals surface area contributed by atoms with Gasteiger partial charge in [-0.25, -0.2) is 4.68 Å². The van der Waals surface area contributed by atoms with E-state index in [1.807, 2.05) is 34.0 Å². The Hall–Kier alpha value is -2.14. The number of amides is 1. The predicted molar refractivity (Wildman–Crippen MR) is 91.3 cm³/mol. The minimum Gasteiger partial charge on any atom is -0.378 e. The highest BCUT2D eigenvalue weighted by Crippen LogP contribution is 2.35. The average Bonchev–Trinajstić information content (AvgIpc) is 3.08. The highest BCUT2D eigenvalue weighted by atomic mass is 16.5. The number of hydrogen-bond acceptors (Lipinski definition) is 3. The molecule has 126 valence electrons. The molecule has 24 heavy (non-hydrogen) atoms. The molecule has 5 nitrogen and oxygen atoms in total. The predicted octanol–water partition coefficient (Wildman–Crippen LogP) is 2.54. The van der Waals surface area contributed by atoms with Crippen molar-refractivity contribution < 1.29 is 9.53 Å². The molecule has 1 unspecified atom stereocenters. The fraction of sp³-hybridized carbons (Fsp3) is 0.474. The van der Waals surface area contributed by atoms with Crippen molar-refractivity contribution >= 4 is 5.91 Å². The highest BCUT2D eigenvalue weighted by molar-refractivity contribution is 5.77. The van der Waals surface area contributed by atoms with Gasteiger partial charge in [0.15, 0.2) is 0 Å². The molecule has 1 aliphatic heterocycles. The number of para-hydroxylation sites is 1. The molecule has 1 aliphatic carbocycles. The third kappa shape index (κ3) is 2.96. The van der Waals surface area contributed by atoms with Gasteiger partial charge in [-0.05, 0) is 42.9 Å². The first kappa shape index (κ1) is 15.4. The summed E-state index contributed by atoms with van der Waals surface area (Å²) in [6.07, 6.45) is 5.79. The third-order valence-corrected chi connectivity index (χ3v) is 5.09. The molecule has 2 aliphatic rings. The second-order valence-corrected chi connectivity index (χ2v) is 6.58. The van der Waals surface area contributed by atoms with Gasteiger partial charge in [-0.1, -0.05) is 18.2 Å². The molecule has 1 saturated heterocycles. The van der Waals surface area contributed by atoms with Crippen LogP contribution in [-0.4, -0.2) is 46.9 Å². The van der Waals surface area contributed by atoms with Crippen molar-refractivity contribution in [3.05, 3.63) is 47.8 Å². The van der Waals surface area contributed by atoms with E-state index >= 15 is 0 Å². The van der Waals surface area contributed by atoms with E-state index in [1.54, 1.807) is 0 Å². The maximum Gasteiger partial charge on any atom is 0.223 e. The molecule has 2 heterocycles. The minimum atomic E-state index is 0.253. The van der Waals surface area contributed by atoms with Gasteiger partial charge in [-0.3, -0.25) is 4.79 Å². The van der Waals surface area contributed by atoms with Crippen molar-refractivity contribution in [2.24, 2.45) is 0 Å². The van der Waals surface area contributed by atoms with Crippen LogP contribution in [0.5, 0.6) is 0 Å². The van der Waals surface area contributed by atoms with Gasteiger partial charge in [0.05, 0.1) is 25.1 Å². The van der Waals surface area contributed by atoms with Crippen LogP contribution < -0.4 is 0 Å². The summed E-state index contributed by atoms with van der Waals surface area (Å²) in [6.45, 7) is 2.77. The number of morpholine rings is 1. The van der Waals surface area contributed by atoms with Crippen molar-refractivity contribution in [3.63, 3.8) is 0 Å². The van der Waals surface area contributed by atoms with E-state index in [4.69, 9.17) is 4.74 Å². The molecular weight excluding hydrogens is 302 g/mol. The van der Waals surface area contributed by atoms with Crippen LogP contribution in [-0.2, 0) is 16.0 Å². The lowest BCUT2D eigenvalue weighted by molar-refractivity contribution is -0.135. The van der Waals surface area contributed by atoms with Crippen molar-refractivity contribution in [3.8, 4) is 5.69 Å². The maximum atomic E-state index is 12.6. The molecule has 1 atom stereocenters. The summed E-state index contributed by atoms with van der Waals surface area (Å²) >= 11 is 0. The smallest absolute Gasteiger partial charge is 0.223 e. The minimum absolute atomic E-state index is 0.253. The second-order valence-electron chi connectivity index (χ2n) is 6.58. The molecule has 2 aromatic rings. The van der Waals surface area contributed by atoms with Crippen LogP contribution in [0.3, 0.4) is 0 Å². The van der Waals surface area contributed by atoms with E-state index in [-0.39, 0.29) is 5.91 Å². The van der Waals surface area contributed by atoms with Crippen LogP contribution in [0.25, 0.3) is 5.69 Å². The number of benzene rings is 1. The van der Waals surface area contributed by atoms with Crippen molar-refractivity contribution in [1.29, 1.82) is 0 Å². The van der Waals surface area contributed by atoms with Gasteiger partial charge < -0.3 is 9.64 Å². The summed E-state index contributed by atoms with van der Waals surface area (Å²) in [5.74, 6) is 0.546.